The first-order valence-corrected chi connectivity index (χ1v) is 8.70. The average Bonchev–Trinajstić information content (AvgIpc) is 2.59. The Morgan fingerprint density at radius 1 is 1.14 bits per heavy atom. The van der Waals surface area contributed by atoms with Crippen molar-refractivity contribution in [3.8, 4) is 0 Å². The van der Waals surface area contributed by atoms with Crippen LogP contribution in [0.2, 0.25) is 0 Å². The monoisotopic (exact) mass is 302 g/mol. The third kappa shape index (κ3) is 5.41. The van der Waals surface area contributed by atoms with Gasteiger partial charge in [0.25, 0.3) is 0 Å². The first-order valence-electron chi connectivity index (χ1n) is 8.70. The molecule has 0 amide bonds. The van der Waals surface area contributed by atoms with Gasteiger partial charge in [0.15, 0.2) is 0 Å². The summed E-state index contributed by atoms with van der Waals surface area (Å²) in [6, 6.07) is 4.64. The second kappa shape index (κ2) is 9.57. The number of piperazine rings is 1. The van der Waals surface area contributed by atoms with Crippen LogP contribution in [-0.2, 0) is 0 Å². The third-order valence-electron chi connectivity index (χ3n) is 4.38. The summed E-state index contributed by atoms with van der Waals surface area (Å²) in [5, 5.41) is 0. The van der Waals surface area contributed by atoms with E-state index in [0.29, 0.717) is 6.04 Å². The fraction of sp³-hybridized carbons (Fsp3) is 0.667. The molecule has 1 aromatic rings. The predicted molar refractivity (Wildman–Crippen MR) is 95.0 cm³/mol. The highest BCUT2D eigenvalue weighted by molar-refractivity contribution is 5.63. The largest absolute Gasteiger partial charge is 0.369 e. The van der Waals surface area contributed by atoms with E-state index in [4.69, 9.17) is 0 Å². The SMILES string of the molecule is CCCCCCN=CC(C)N1CCN(c2ccncc2)CC1. The van der Waals surface area contributed by atoms with Gasteiger partial charge in [-0.25, -0.2) is 0 Å². The second-order valence-electron chi connectivity index (χ2n) is 6.08. The van der Waals surface area contributed by atoms with Gasteiger partial charge >= 0.3 is 0 Å². The Balaban J connectivity index is 1.68. The zero-order chi connectivity index (χ0) is 15.6. The lowest BCUT2D eigenvalue weighted by Crippen LogP contribution is -2.50. The Morgan fingerprint density at radius 2 is 1.86 bits per heavy atom. The molecule has 4 nitrogen and oxygen atoms in total. The molecule has 1 unspecified atom stereocenters. The lowest BCUT2D eigenvalue weighted by Gasteiger charge is -2.38. The van der Waals surface area contributed by atoms with E-state index in [0.717, 1.165) is 32.7 Å². The van der Waals surface area contributed by atoms with Gasteiger partial charge < -0.3 is 4.90 Å². The average molecular weight is 302 g/mol. The molecule has 1 saturated heterocycles. The molecule has 0 radical (unpaired) electrons. The van der Waals surface area contributed by atoms with Crippen LogP contribution in [0.1, 0.15) is 39.5 Å². The molecule has 1 atom stereocenters. The molecule has 0 N–H and O–H groups in total. The van der Waals surface area contributed by atoms with Crippen LogP contribution in [0.15, 0.2) is 29.5 Å². The van der Waals surface area contributed by atoms with Crippen LogP contribution in [0.5, 0.6) is 0 Å². The standard InChI is InChI=1S/C18H30N4/c1-3-4-5-6-9-20-16-17(2)21-12-14-22(15-13-21)18-7-10-19-11-8-18/h7-8,10-11,16-17H,3-6,9,12-15H2,1-2H3. The van der Waals surface area contributed by atoms with E-state index < -0.39 is 0 Å². The molecule has 2 rings (SSSR count). The van der Waals surface area contributed by atoms with E-state index in [-0.39, 0.29) is 0 Å². The van der Waals surface area contributed by atoms with E-state index in [9.17, 15) is 0 Å². The van der Waals surface area contributed by atoms with Crippen molar-refractivity contribution in [2.24, 2.45) is 4.99 Å². The van der Waals surface area contributed by atoms with Crippen LogP contribution in [-0.4, -0.2) is 54.9 Å². The summed E-state index contributed by atoms with van der Waals surface area (Å²) in [6.45, 7) is 9.87. The summed E-state index contributed by atoms with van der Waals surface area (Å²) in [5.74, 6) is 0. The fourth-order valence-electron chi connectivity index (χ4n) is 2.89. The highest BCUT2D eigenvalue weighted by Gasteiger charge is 2.20. The molecule has 0 aromatic carbocycles. The van der Waals surface area contributed by atoms with Crippen LogP contribution >= 0.6 is 0 Å². The minimum absolute atomic E-state index is 0.450. The molecule has 1 fully saturated rings. The van der Waals surface area contributed by atoms with E-state index in [1.807, 2.05) is 12.4 Å². The van der Waals surface area contributed by atoms with Crippen molar-refractivity contribution in [2.75, 3.05) is 37.6 Å². The number of unbranched alkanes of at least 4 members (excludes halogenated alkanes) is 3. The topological polar surface area (TPSA) is 31.7 Å². The number of anilines is 1. The molecule has 0 bridgehead atoms. The van der Waals surface area contributed by atoms with Gasteiger partial charge in [0.2, 0.25) is 0 Å². The molecular formula is C18H30N4. The van der Waals surface area contributed by atoms with E-state index in [1.165, 1.54) is 31.4 Å². The maximum Gasteiger partial charge on any atom is 0.0419 e. The summed E-state index contributed by atoms with van der Waals surface area (Å²) < 4.78 is 0. The summed E-state index contributed by atoms with van der Waals surface area (Å²) in [7, 11) is 0. The normalized spacial score (nSPS) is 18.0. The molecule has 0 aliphatic carbocycles. The van der Waals surface area contributed by atoms with Gasteiger partial charge in [0.05, 0.1) is 0 Å². The highest BCUT2D eigenvalue weighted by Crippen LogP contribution is 2.15. The molecule has 122 valence electrons. The molecule has 2 heterocycles. The smallest absolute Gasteiger partial charge is 0.0419 e. The second-order valence-corrected chi connectivity index (χ2v) is 6.08. The quantitative estimate of drug-likeness (QED) is 0.546. The number of hydrogen-bond donors (Lipinski definition) is 0. The Kier molecular flexibility index (Phi) is 7.37. The van der Waals surface area contributed by atoms with Crippen molar-refractivity contribution in [3.05, 3.63) is 24.5 Å². The van der Waals surface area contributed by atoms with E-state index in [1.54, 1.807) is 0 Å². The first kappa shape index (κ1) is 16.9. The van der Waals surface area contributed by atoms with E-state index >= 15 is 0 Å². The molecule has 1 aromatic heterocycles. The summed E-state index contributed by atoms with van der Waals surface area (Å²) in [6.07, 6.45) is 11.1. The Morgan fingerprint density at radius 3 is 2.55 bits per heavy atom. The number of nitrogens with zero attached hydrogens (tertiary/aromatic N) is 4. The van der Waals surface area contributed by atoms with Crippen molar-refractivity contribution in [1.29, 1.82) is 0 Å². The van der Waals surface area contributed by atoms with Crippen LogP contribution in [0.25, 0.3) is 0 Å². The Bertz CT molecular complexity index is 424. The first-order chi connectivity index (χ1) is 10.8. The van der Waals surface area contributed by atoms with Gasteiger partial charge in [-0.05, 0) is 25.5 Å². The van der Waals surface area contributed by atoms with Gasteiger partial charge in [0.1, 0.15) is 0 Å². The van der Waals surface area contributed by atoms with Crippen LogP contribution in [0.3, 0.4) is 0 Å². The summed E-state index contributed by atoms with van der Waals surface area (Å²) in [4.78, 5) is 13.7. The van der Waals surface area contributed by atoms with Gasteiger partial charge in [-0.1, -0.05) is 26.2 Å². The fourth-order valence-corrected chi connectivity index (χ4v) is 2.89. The Hall–Kier alpha value is -1.42. The molecule has 1 aliphatic rings. The predicted octanol–water partition coefficient (Wildman–Crippen LogP) is 3.24. The van der Waals surface area contributed by atoms with Crippen molar-refractivity contribution in [3.63, 3.8) is 0 Å². The van der Waals surface area contributed by atoms with E-state index in [2.05, 4.69) is 52.0 Å². The van der Waals surface area contributed by atoms with Crippen LogP contribution in [0, 0.1) is 0 Å². The van der Waals surface area contributed by atoms with Gasteiger partial charge in [-0.3, -0.25) is 14.9 Å². The number of aliphatic imine (C=N–C) groups is 1. The molecule has 1 aliphatic heterocycles. The van der Waals surface area contributed by atoms with Crippen molar-refractivity contribution in [1.82, 2.24) is 9.88 Å². The maximum atomic E-state index is 4.61. The van der Waals surface area contributed by atoms with Crippen molar-refractivity contribution < 1.29 is 0 Å². The minimum atomic E-state index is 0.450. The number of pyridine rings is 1. The van der Waals surface area contributed by atoms with Gasteiger partial charge in [0, 0.05) is 63.1 Å². The lowest BCUT2D eigenvalue weighted by atomic mass is 10.2. The summed E-state index contributed by atoms with van der Waals surface area (Å²) in [5.41, 5.74) is 1.28. The minimum Gasteiger partial charge on any atom is -0.369 e. The van der Waals surface area contributed by atoms with Gasteiger partial charge in [-0.2, -0.15) is 0 Å². The highest BCUT2D eigenvalue weighted by atomic mass is 15.3. The van der Waals surface area contributed by atoms with Crippen molar-refractivity contribution in [2.45, 2.75) is 45.6 Å². The number of hydrogen-bond acceptors (Lipinski definition) is 4. The zero-order valence-electron chi connectivity index (χ0n) is 14.1. The molecule has 4 heteroatoms. The Labute approximate surface area is 135 Å². The third-order valence-corrected chi connectivity index (χ3v) is 4.38. The zero-order valence-corrected chi connectivity index (χ0v) is 14.1. The summed E-state index contributed by atoms with van der Waals surface area (Å²) >= 11 is 0. The van der Waals surface area contributed by atoms with Crippen LogP contribution in [0.4, 0.5) is 5.69 Å². The number of rotatable bonds is 8. The van der Waals surface area contributed by atoms with Crippen LogP contribution < -0.4 is 4.90 Å². The molecule has 0 spiro atoms. The molecular weight excluding hydrogens is 272 g/mol. The lowest BCUT2D eigenvalue weighted by molar-refractivity contribution is 0.241. The number of aromatic nitrogens is 1. The maximum absolute atomic E-state index is 4.61. The molecule has 0 saturated carbocycles. The molecule has 22 heavy (non-hydrogen) atoms. The van der Waals surface area contributed by atoms with Gasteiger partial charge in [-0.15, -0.1) is 0 Å². The van der Waals surface area contributed by atoms with Crippen molar-refractivity contribution >= 4 is 11.9 Å².